The number of carbonyl (C=O) groups excluding carboxylic acids is 2. The van der Waals surface area contributed by atoms with Crippen LogP contribution in [0.4, 0.5) is 15.3 Å². The lowest BCUT2D eigenvalue weighted by Crippen LogP contribution is -2.34. The van der Waals surface area contributed by atoms with Crippen molar-refractivity contribution in [3.05, 3.63) is 59.9 Å². The van der Waals surface area contributed by atoms with Crippen molar-refractivity contribution in [2.75, 3.05) is 12.4 Å². The van der Waals surface area contributed by atoms with Gasteiger partial charge in [-0.05, 0) is 44.0 Å². The van der Waals surface area contributed by atoms with Crippen LogP contribution in [0.5, 0.6) is 0 Å². The van der Waals surface area contributed by atoms with Gasteiger partial charge in [0.05, 0.1) is 6.54 Å². The summed E-state index contributed by atoms with van der Waals surface area (Å²) in [5.41, 5.74) is 1.79. The third kappa shape index (κ3) is 6.97. The van der Waals surface area contributed by atoms with Gasteiger partial charge < -0.3 is 20.3 Å². The average molecular weight is 370 g/mol. The number of benzene rings is 1. The van der Waals surface area contributed by atoms with E-state index in [1.165, 1.54) is 4.90 Å². The smallest absolute Gasteiger partial charge is 0.410 e. The number of pyridine rings is 1. The van der Waals surface area contributed by atoms with Crippen molar-refractivity contribution in [2.45, 2.75) is 39.5 Å². The molecule has 0 saturated carbocycles. The summed E-state index contributed by atoms with van der Waals surface area (Å²) in [6.07, 6.45) is 2.96. The molecule has 7 heteroatoms. The van der Waals surface area contributed by atoms with Crippen LogP contribution in [-0.2, 0) is 17.8 Å². The molecular formula is C20H26N4O3. The molecule has 2 rings (SSSR count). The van der Waals surface area contributed by atoms with Crippen LogP contribution in [0.2, 0.25) is 0 Å². The summed E-state index contributed by atoms with van der Waals surface area (Å²) < 4.78 is 5.36. The monoisotopic (exact) mass is 370 g/mol. The molecule has 0 unspecified atom stereocenters. The number of nitrogens with zero attached hydrogens (tertiary/aromatic N) is 2. The molecule has 0 bridgehead atoms. The molecular weight excluding hydrogens is 344 g/mol. The fraction of sp³-hybridized carbons (Fsp3) is 0.350. The summed E-state index contributed by atoms with van der Waals surface area (Å²) in [6, 6.07) is 10.7. The highest BCUT2D eigenvalue weighted by atomic mass is 16.6. The van der Waals surface area contributed by atoms with Crippen LogP contribution in [0.25, 0.3) is 0 Å². The zero-order valence-corrected chi connectivity index (χ0v) is 16.2. The Morgan fingerprint density at radius 2 is 1.89 bits per heavy atom. The fourth-order valence-corrected chi connectivity index (χ4v) is 2.29. The second-order valence-electron chi connectivity index (χ2n) is 7.16. The molecule has 0 aliphatic heterocycles. The number of aromatic nitrogens is 1. The molecule has 1 aromatic carbocycles. The highest BCUT2D eigenvalue weighted by Crippen LogP contribution is 2.18. The highest BCUT2D eigenvalue weighted by Gasteiger charge is 2.20. The molecule has 0 saturated heterocycles. The SMILES string of the molecule is CN(Cc1ccccc1NC(=O)NCc1cccnc1)C(=O)OC(C)(C)C. The van der Waals surface area contributed by atoms with Crippen molar-refractivity contribution in [1.82, 2.24) is 15.2 Å². The Bertz CT molecular complexity index is 772. The minimum absolute atomic E-state index is 0.313. The van der Waals surface area contributed by atoms with Gasteiger partial charge in [0, 0.05) is 31.7 Å². The summed E-state index contributed by atoms with van der Waals surface area (Å²) >= 11 is 0. The first-order valence-corrected chi connectivity index (χ1v) is 8.70. The normalized spacial score (nSPS) is 10.8. The Morgan fingerprint density at radius 1 is 1.15 bits per heavy atom. The van der Waals surface area contributed by atoms with Crippen molar-refractivity contribution in [3.8, 4) is 0 Å². The number of amides is 3. The van der Waals surface area contributed by atoms with Crippen molar-refractivity contribution in [2.24, 2.45) is 0 Å². The lowest BCUT2D eigenvalue weighted by molar-refractivity contribution is 0.0285. The van der Waals surface area contributed by atoms with E-state index in [0.29, 0.717) is 18.8 Å². The molecule has 0 aliphatic carbocycles. The average Bonchev–Trinajstić information content (AvgIpc) is 2.61. The summed E-state index contributed by atoms with van der Waals surface area (Å²) in [6.45, 7) is 6.15. The summed E-state index contributed by atoms with van der Waals surface area (Å²) in [5, 5.41) is 5.61. The number of hydrogen-bond acceptors (Lipinski definition) is 4. The van der Waals surface area contributed by atoms with E-state index in [9.17, 15) is 9.59 Å². The molecule has 0 atom stereocenters. The number of rotatable bonds is 5. The maximum absolute atomic E-state index is 12.2. The van der Waals surface area contributed by atoms with Crippen LogP contribution in [-0.4, -0.2) is 34.7 Å². The van der Waals surface area contributed by atoms with Crippen molar-refractivity contribution >= 4 is 17.8 Å². The minimum atomic E-state index is -0.560. The second kappa shape index (κ2) is 9.02. The van der Waals surface area contributed by atoms with Crippen LogP contribution in [0.15, 0.2) is 48.8 Å². The van der Waals surface area contributed by atoms with E-state index in [1.807, 2.05) is 51.1 Å². The van der Waals surface area contributed by atoms with Crippen LogP contribution in [0.3, 0.4) is 0 Å². The molecule has 2 aromatic rings. The van der Waals surface area contributed by atoms with Crippen LogP contribution in [0.1, 0.15) is 31.9 Å². The molecule has 1 aromatic heterocycles. The van der Waals surface area contributed by atoms with E-state index in [-0.39, 0.29) is 6.03 Å². The Labute approximate surface area is 159 Å². The first-order chi connectivity index (χ1) is 12.7. The Hall–Kier alpha value is -3.09. The van der Waals surface area contributed by atoms with Gasteiger partial charge in [-0.3, -0.25) is 4.98 Å². The van der Waals surface area contributed by atoms with Gasteiger partial charge in [0.25, 0.3) is 0 Å². The van der Waals surface area contributed by atoms with Crippen molar-refractivity contribution < 1.29 is 14.3 Å². The first kappa shape index (κ1) is 20.2. The van der Waals surface area contributed by atoms with Gasteiger partial charge in [-0.2, -0.15) is 0 Å². The van der Waals surface area contributed by atoms with Gasteiger partial charge >= 0.3 is 12.1 Å². The molecule has 0 spiro atoms. The van der Waals surface area contributed by atoms with E-state index in [1.54, 1.807) is 25.5 Å². The molecule has 0 fully saturated rings. The maximum atomic E-state index is 12.2. The number of urea groups is 1. The van der Waals surface area contributed by atoms with Crippen molar-refractivity contribution in [3.63, 3.8) is 0 Å². The number of nitrogens with one attached hydrogen (secondary N) is 2. The fourth-order valence-electron chi connectivity index (χ4n) is 2.29. The molecule has 144 valence electrons. The van der Waals surface area contributed by atoms with Crippen molar-refractivity contribution in [1.29, 1.82) is 0 Å². The largest absolute Gasteiger partial charge is 0.444 e. The molecule has 3 amide bonds. The van der Waals surface area contributed by atoms with Gasteiger partial charge in [0.2, 0.25) is 0 Å². The van der Waals surface area contributed by atoms with E-state index in [0.717, 1.165) is 11.1 Å². The first-order valence-electron chi connectivity index (χ1n) is 8.70. The van der Waals surface area contributed by atoms with E-state index in [4.69, 9.17) is 4.74 Å². The quantitative estimate of drug-likeness (QED) is 0.839. The van der Waals surface area contributed by atoms with Gasteiger partial charge in [-0.25, -0.2) is 9.59 Å². The number of anilines is 1. The molecule has 1 heterocycles. The van der Waals surface area contributed by atoms with Crippen LogP contribution >= 0.6 is 0 Å². The number of carbonyl (C=O) groups is 2. The minimum Gasteiger partial charge on any atom is -0.444 e. The Balaban J connectivity index is 1.96. The zero-order chi connectivity index (χ0) is 19.9. The van der Waals surface area contributed by atoms with E-state index < -0.39 is 11.7 Å². The zero-order valence-electron chi connectivity index (χ0n) is 16.2. The third-order valence-electron chi connectivity index (χ3n) is 3.55. The van der Waals surface area contributed by atoms with Gasteiger partial charge in [0.15, 0.2) is 0 Å². The second-order valence-corrected chi connectivity index (χ2v) is 7.16. The number of hydrogen-bond donors (Lipinski definition) is 2. The van der Waals surface area contributed by atoms with E-state index in [2.05, 4.69) is 15.6 Å². The lowest BCUT2D eigenvalue weighted by atomic mass is 10.1. The molecule has 27 heavy (non-hydrogen) atoms. The Kier molecular flexibility index (Phi) is 6.76. The summed E-state index contributed by atoms with van der Waals surface area (Å²) in [5.74, 6) is 0. The molecule has 7 nitrogen and oxygen atoms in total. The molecule has 0 aliphatic rings. The van der Waals surface area contributed by atoms with Crippen LogP contribution < -0.4 is 10.6 Å². The molecule has 2 N–H and O–H groups in total. The maximum Gasteiger partial charge on any atom is 0.410 e. The Morgan fingerprint density at radius 3 is 2.56 bits per heavy atom. The predicted molar refractivity (Wildman–Crippen MR) is 104 cm³/mol. The van der Waals surface area contributed by atoms with Gasteiger partial charge in [0.1, 0.15) is 5.60 Å². The van der Waals surface area contributed by atoms with E-state index >= 15 is 0 Å². The molecule has 0 radical (unpaired) electrons. The highest BCUT2D eigenvalue weighted by molar-refractivity contribution is 5.90. The standard InChI is InChI=1S/C20H26N4O3/c1-20(2,3)27-19(26)24(4)14-16-9-5-6-10-17(16)23-18(25)22-13-15-8-7-11-21-12-15/h5-12H,13-14H2,1-4H3,(H2,22,23,25). The van der Waals surface area contributed by atoms with Crippen LogP contribution in [0, 0.1) is 0 Å². The lowest BCUT2D eigenvalue weighted by Gasteiger charge is -2.25. The summed E-state index contributed by atoms with van der Waals surface area (Å²) in [7, 11) is 1.66. The summed E-state index contributed by atoms with van der Waals surface area (Å²) in [4.78, 5) is 29.8. The predicted octanol–water partition coefficient (Wildman–Crippen LogP) is 3.77. The third-order valence-corrected chi connectivity index (χ3v) is 3.55. The van der Waals surface area contributed by atoms with Gasteiger partial charge in [-0.1, -0.05) is 24.3 Å². The topological polar surface area (TPSA) is 83.6 Å². The van der Waals surface area contributed by atoms with Gasteiger partial charge in [-0.15, -0.1) is 0 Å². The number of ether oxygens (including phenoxy) is 1. The number of para-hydroxylation sites is 1.